The number of anilines is 1. The number of carbonyl (C=O) groups excluding carboxylic acids is 1. The first-order valence-electron chi connectivity index (χ1n) is 7.04. The van der Waals surface area contributed by atoms with Crippen LogP contribution in [0.3, 0.4) is 0 Å². The highest BCUT2D eigenvalue weighted by atomic mass is 127. The van der Waals surface area contributed by atoms with Crippen molar-refractivity contribution in [1.29, 1.82) is 0 Å². The summed E-state index contributed by atoms with van der Waals surface area (Å²) in [6, 6.07) is 10.6. The molecule has 7 heteroatoms. The minimum atomic E-state index is -0.987. The Morgan fingerprint density at radius 2 is 2.04 bits per heavy atom. The van der Waals surface area contributed by atoms with E-state index < -0.39 is 12.7 Å². The first-order valence-corrected chi connectivity index (χ1v) is 8.50. The number of rotatable bonds is 2. The van der Waals surface area contributed by atoms with Crippen LogP contribution in [-0.2, 0) is 10.3 Å². The van der Waals surface area contributed by atoms with E-state index in [1.807, 2.05) is 26.0 Å². The lowest BCUT2D eigenvalue weighted by molar-refractivity contribution is 0.101. The highest BCUT2D eigenvalue weighted by molar-refractivity contribution is 14.1. The molecule has 0 spiro atoms. The van der Waals surface area contributed by atoms with Gasteiger partial charge in [0.05, 0.1) is 16.2 Å². The van der Waals surface area contributed by atoms with Crippen molar-refractivity contribution in [2.75, 3.05) is 5.32 Å². The van der Waals surface area contributed by atoms with Crippen LogP contribution >= 0.6 is 34.2 Å². The molecule has 0 radical (unpaired) electrons. The Morgan fingerprint density at radius 1 is 1.30 bits per heavy atom. The molecule has 23 heavy (non-hydrogen) atoms. The second kappa shape index (κ2) is 6.09. The molecule has 1 heterocycles. The highest BCUT2D eigenvalue weighted by Gasteiger charge is 2.40. The van der Waals surface area contributed by atoms with Crippen molar-refractivity contribution in [3.8, 4) is 0 Å². The van der Waals surface area contributed by atoms with Gasteiger partial charge in [-0.2, -0.15) is 0 Å². The van der Waals surface area contributed by atoms with Crippen molar-refractivity contribution in [1.82, 2.24) is 0 Å². The Labute approximate surface area is 153 Å². The van der Waals surface area contributed by atoms with Crippen LogP contribution in [0.15, 0.2) is 36.4 Å². The zero-order valence-electron chi connectivity index (χ0n) is 12.6. The van der Waals surface area contributed by atoms with Gasteiger partial charge in [-0.3, -0.25) is 4.79 Å². The summed E-state index contributed by atoms with van der Waals surface area (Å²) in [5, 5.41) is 13.2. The molecule has 0 atom stereocenters. The molecule has 1 aliphatic heterocycles. The summed E-state index contributed by atoms with van der Waals surface area (Å²) in [5.41, 5.74) is 2.03. The van der Waals surface area contributed by atoms with Gasteiger partial charge in [-0.15, -0.1) is 0 Å². The molecule has 1 amide bonds. The third-order valence-corrected chi connectivity index (χ3v) is 4.79. The van der Waals surface area contributed by atoms with Crippen LogP contribution in [-0.4, -0.2) is 18.0 Å². The lowest BCUT2D eigenvalue weighted by atomic mass is 9.78. The quantitative estimate of drug-likeness (QED) is 0.556. The summed E-state index contributed by atoms with van der Waals surface area (Å²) in [6.45, 7) is 3.79. The molecule has 0 saturated heterocycles. The fourth-order valence-corrected chi connectivity index (χ4v) is 3.61. The molecule has 118 valence electrons. The van der Waals surface area contributed by atoms with E-state index in [-0.39, 0.29) is 5.91 Å². The molecule has 1 aliphatic rings. The molecule has 4 nitrogen and oxygen atoms in total. The van der Waals surface area contributed by atoms with Crippen molar-refractivity contribution in [3.05, 3.63) is 56.1 Å². The monoisotopic (exact) mass is 441 g/mol. The third kappa shape index (κ3) is 3.26. The Hall–Kier alpha value is -1.09. The van der Waals surface area contributed by atoms with Crippen LogP contribution < -0.4 is 10.8 Å². The third-order valence-electron chi connectivity index (χ3n) is 3.81. The lowest BCUT2D eigenvalue weighted by Crippen LogP contribution is -2.29. The lowest BCUT2D eigenvalue weighted by Gasteiger charge is -2.19. The van der Waals surface area contributed by atoms with Crippen molar-refractivity contribution in [3.63, 3.8) is 0 Å². The number of benzene rings is 2. The Bertz CT molecular complexity index is 797. The molecule has 2 aromatic carbocycles. The summed E-state index contributed by atoms with van der Waals surface area (Å²) in [7, 11) is -0.987. The number of nitrogens with one attached hydrogen (secondary N) is 1. The van der Waals surface area contributed by atoms with Crippen molar-refractivity contribution in [2.45, 2.75) is 19.4 Å². The van der Waals surface area contributed by atoms with E-state index in [0.717, 1.165) is 9.13 Å². The van der Waals surface area contributed by atoms with Crippen LogP contribution in [0.1, 0.15) is 29.8 Å². The van der Waals surface area contributed by atoms with Crippen LogP contribution in [0.5, 0.6) is 0 Å². The highest BCUT2D eigenvalue weighted by Crippen LogP contribution is 2.31. The molecule has 3 rings (SSSR count). The zero-order chi connectivity index (χ0) is 16.8. The molecule has 0 aromatic heterocycles. The maximum atomic E-state index is 12.4. The second-order valence-electron chi connectivity index (χ2n) is 5.86. The molecule has 2 aromatic rings. The summed E-state index contributed by atoms with van der Waals surface area (Å²) < 4.78 is 6.48. The van der Waals surface area contributed by atoms with E-state index in [4.69, 9.17) is 16.3 Å². The predicted molar refractivity (Wildman–Crippen MR) is 100 cm³/mol. The maximum Gasteiger partial charge on any atom is 0.492 e. The zero-order valence-corrected chi connectivity index (χ0v) is 15.5. The van der Waals surface area contributed by atoms with Crippen LogP contribution in [0, 0.1) is 3.57 Å². The van der Waals surface area contributed by atoms with E-state index in [9.17, 15) is 9.82 Å². The Kier molecular flexibility index (Phi) is 4.44. The molecule has 0 saturated carbocycles. The molecule has 0 unspecified atom stereocenters. The first-order chi connectivity index (χ1) is 10.8. The summed E-state index contributed by atoms with van der Waals surface area (Å²) in [4.78, 5) is 12.4. The van der Waals surface area contributed by atoms with Crippen LogP contribution in [0.25, 0.3) is 0 Å². The molecular formula is C16H14BClINO3. The van der Waals surface area contributed by atoms with Gasteiger partial charge >= 0.3 is 7.12 Å². The SMILES string of the molecule is CC1(C)OB(O)c2cc(NC(=O)c3ccc(I)cc3Cl)ccc21. The second-order valence-corrected chi connectivity index (χ2v) is 7.51. The first kappa shape index (κ1) is 16.8. The fourth-order valence-electron chi connectivity index (χ4n) is 2.67. The van der Waals surface area contributed by atoms with Crippen molar-refractivity contribution >= 4 is 58.4 Å². The molecule has 2 N–H and O–H groups in total. The van der Waals surface area contributed by atoms with E-state index in [2.05, 4.69) is 27.9 Å². The van der Waals surface area contributed by atoms with Gasteiger partial charge in [0, 0.05) is 9.26 Å². The van der Waals surface area contributed by atoms with E-state index >= 15 is 0 Å². The number of hydrogen-bond acceptors (Lipinski definition) is 3. The van der Waals surface area contributed by atoms with Crippen molar-refractivity contribution < 1.29 is 14.5 Å². The summed E-state index contributed by atoms with van der Waals surface area (Å²) >= 11 is 8.26. The van der Waals surface area contributed by atoms with Gasteiger partial charge in [0.15, 0.2) is 0 Å². The van der Waals surface area contributed by atoms with Gasteiger partial charge in [-0.1, -0.05) is 17.7 Å². The summed E-state index contributed by atoms with van der Waals surface area (Å²) in [5.74, 6) is -0.293. The topological polar surface area (TPSA) is 58.6 Å². The predicted octanol–water partition coefficient (Wildman–Crippen LogP) is 3.15. The maximum absolute atomic E-state index is 12.4. The minimum Gasteiger partial charge on any atom is -0.423 e. The molecule has 0 fully saturated rings. The number of fused-ring (bicyclic) bond motifs is 1. The smallest absolute Gasteiger partial charge is 0.423 e. The van der Waals surface area contributed by atoms with Gasteiger partial charge in [-0.25, -0.2) is 0 Å². The number of hydrogen-bond donors (Lipinski definition) is 2. The van der Waals surface area contributed by atoms with Crippen LogP contribution in [0.2, 0.25) is 5.02 Å². The largest absolute Gasteiger partial charge is 0.492 e. The average molecular weight is 441 g/mol. The Morgan fingerprint density at radius 3 is 2.74 bits per heavy atom. The number of carbonyl (C=O) groups is 1. The van der Waals surface area contributed by atoms with Gasteiger partial charge < -0.3 is 15.0 Å². The van der Waals surface area contributed by atoms with Gasteiger partial charge in [0.2, 0.25) is 0 Å². The molecule has 0 bridgehead atoms. The standard InChI is InChI=1S/C16H14BClINO3/c1-16(2)12-6-4-10(8-13(12)17(22)23-16)20-15(21)11-5-3-9(19)7-14(11)18/h3-8,22H,1-2H3,(H,20,21). The van der Waals surface area contributed by atoms with E-state index in [1.165, 1.54) is 0 Å². The minimum absolute atomic E-state index is 0.293. The van der Waals surface area contributed by atoms with Gasteiger partial charge in [0.25, 0.3) is 5.91 Å². The van der Waals surface area contributed by atoms with Gasteiger partial charge in [-0.05, 0) is 77.8 Å². The fraction of sp³-hybridized carbons (Fsp3) is 0.188. The van der Waals surface area contributed by atoms with E-state index in [0.29, 0.717) is 21.7 Å². The van der Waals surface area contributed by atoms with Crippen molar-refractivity contribution in [2.24, 2.45) is 0 Å². The van der Waals surface area contributed by atoms with Gasteiger partial charge in [0.1, 0.15) is 0 Å². The Balaban J connectivity index is 1.87. The van der Waals surface area contributed by atoms with Crippen LogP contribution in [0.4, 0.5) is 5.69 Å². The number of amides is 1. The number of halogens is 2. The molecule has 0 aliphatic carbocycles. The summed E-state index contributed by atoms with van der Waals surface area (Å²) in [6.07, 6.45) is 0. The normalized spacial score (nSPS) is 15.4. The molecular weight excluding hydrogens is 427 g/mol. The average Bonchev–Trinajstić information content (AvgIpc) is 2.68. The van der Waals surface area contributed by atoms with E-state index in [1.54, 1.807) is 24.3 Å².